The minimum Gasteiger partial charge on any atom is -0.276 e. The van der Waals surface area contributed by atoms with Crippen molar-refractivity contribution in [3.8, 4) is 0 Å². The first-order valence-electron chi connectivity index (χ1n) is 5.90. The summed E-state index contributed by atoms with van der Waals surface area (Å²) in [6.07, 6.45) is 2.84. The van der Waals surface area contributed by atoms with E-state index in [4.69, 9.17) is 0 Å². The molecule has 0 fully saturated rings. The normalized spacial score (nSPS) is 11.8. The van der Waals surface area contributed by atoms with Gasteiger partial charge in [0.05, 0.1) is 23.3 Å². The molecular formula is C11H17N5O2S. The van der Waals surface area contributed by atoms with E-state index in [1.165, 1.54) is 12.4 Å². The average molecular weight is 283 g/mol. The maximum atomic E-state index is 12.2. The van der Waals surface area contributed by atoms with Crippen molar-refractivity contribution in [2.24, 2.45) is 7.05 Å². The van der Waals surface area contributed by atoms with Crippen LogP contribution in [0, 0.1) is 13.8 Å². The molecule has 8 heteroatoms. The van der Waals surface area contributed by atoms with Crippen LogP contribution in [0.2, 0.25) is 0 Å². The monoisotopic (exact) mass is 283 g/mol. The standard InChI is InChI=1S/C11H17N5O2S/c1-5-16-7-10(6-12-16)19(17,18)14-11-8(2)13-15(4)9(11)3/h6-7,14H,5H2,1-4H3. The Balaban J connectivity index is 2.36. The molecule has 0 aliphatic carbocycles. The second kappa shape index (κ2) is 4.69. The maximum Gasteiger partial charge on any atom is 0.265 e. The van der Waals surface area contributed by atoms with E-state index >= 15 is 0 Å². The van der Waals surface area contributed by atoms with Crippen LogP contribution in [0.4, 0.5) is 5.69 Å². The number of hydrogen-bond donors (Lipinski definition) is 1. The summed E-state index contributed by atoms with van der Waals surface area (Å²) in [6, 6.07) is 0. The summed E-state index contributed by atoms with van der Waals surface area (Å²) in [5.74, 6) is 0. The Kier molecular flexibility index (Phi) is 3.36. The van der Waals surface area contributed by atoms with E-state index in [0.29, 0.717) is 17.9 Å². The largest absolute Gasteiger partial charge is 0.276 e. The maximum absolute atomic E-state index is 12.2. The molecule has 2 rings (SSSR count). The van der Waals surface area contributed by atoms with E-state index in [1.807, 2.05) is 13.8 Å². The lowest BCUT2D eigenvalue weighted by atomic mass is 10.3. The molecule has 0 amide bonds. The Morgan fingerprint density at radius 1 is 1.37 bits per heavy atom. The molecule has 0 aliphatic heterocycles. The molecule has 0 saturated carbocycles. The van der Waals surface area contributed by atoms with Gasteiger partial charge in [0.1, 0.15) is 4.90 Å². The Hall–Kier alpha value is -1.83. The quantitative estimate of drug-likeness (QED) is 0.909. The highest BCUT2D eigenvalue weighted by atomic mass is 32.2. The second-order valence-corrected chi connectivity index (χ2v) is 5.99. The van der Waals surface area contributed by atoms with Crippen LogP contribution in [0.15, 0.2) is 17.3 Å². The van der Waals surface area contributed by atoms with Crippen molar-refractivity contribution < 1.29 is 8.42 Å². The average Bonchev–Trinajstić information content (AvgIpc) is 2.91. The predicted octanol–water partition coefficient (Wildman–Crippen LogP) is 1.05. The van der Waals surface area contributed by atoms with E-state index in [0.717, 1.165) is 5.69 Å². The van der Waals surface area contributed by atoms with Gasteiger partial charge in [0.25, 0.3) is 10.0 Å². The summed E-state index contributed by atoms with van der Waals surface area (Å²) in [7, 11) is -1.85. The molecule has 0 bridgehead atoms. The lowest BCUT2D eigenvalue weighted by Crippen LogP contribution is -2.13. The number of nitrogens with zero attached hydrogens (tertiary/aromatic N) is 4. The molecular weight excluding hydrogens is 266 g/mol. The zero-order valence-electron chi connectivity index (χ0n) is 11.4. The molecule has 0 saturated heterocycles. The molecule has 2 aromatic rings. The summed E-state index contributed by atoms with van der Waals surface area (Å²) in [5.41, 5.74) is 1.93. The van der Waals surface area contributed by atoms with Gasteiger partial charge in [-0.1, -0.05) is 0 Å². The van der Waals surface area contributed by atoms with Gasteiger partial charge in [0.15, 0.2) is 0 Å². The number of hydrogen-bond acceptors (Lipinski definition) is 4. The second-order valence-electron chi connectivity index (χ2n) is 4.31. The summed E-state index contributed by atoms with van der Waals surface area (Å²) in [4.78, 5) is 0.150. The molecule has 1 N–H and O–H groups in total. The number of aromatic nitrogens is 4. The Morgan fingerprint density at radius 2 is 2.05 bits per heavy atom. The van der Waals surface area contributed by atoms with Gasteiger partial charge in [0, 0.05) is 19.8 Å². The number of aryl methyl sites for hydroxylation is 3. The van der Waals surface area contributed by atoms with Gasteiger partial charge in [-0.3, -0.25) is 14.1 Å². The third-order valence-electron chi connectivity index (χ3n) is 2.99. The van der Waals surface area contributed by atoms with Crippen LogP contribution in [0.3, 0.4) is 0 Å². The predicted molar refractivity (Wildman–Crippen MR) is 71.4 cm³/mol. The molecule has 2 aromatic heterocycles. The summed E-state index contributed by atoms with van der Waals surface area (Å²) >= 11 is 0. The van der Waals surface area contributed by atoms with E-state index < -0.39 is 10.0 Å². The molecule has 2 heterocycles. The van der Waals surface area contributed by atoms with Gasteiger partial charge in [-0.2, -0.15) is 10.2 Å². The number of sulfonamides is 1. The van der Waals surface area contributed by atoms with Crippen LogP contribution in [0.1, 0.15) is 18.3 Å². The van der Waals surface area contributed by atoms with Crippen molar-refractivity contribution in [2.75, 3.05) is 4.72 Å². The highest BCUT2D eigenvalue weighted by Crippen LogP contribution is 2.22. The Bertz CT molecular complexity index is 699. The van der Waals surface area contributed by atoms with Gasteiger partial charge in [0.2, 0.25) is 0 Å². The molecule has 104 valence electrons. The first-order valence-corrected chi connectivity index (χ1v) is 7.39. The summed E-state index contributed by atoms with van der Waals surface area (Å²) in [5, 5.41) is 8.15. The van der Waals surface area contributed by atoms with Crippen LogP contribution in [0.25, 0.3) is 0 Å². The minimum absolute atomic E-state index is 0.150. The van der Waals surface area contributed by atoms with Gasteiger partial charge < -0.3 is 0 Å². The lowest BCUT2D eigenvalue weighted by Gasteiger charge is -2.06. The van der Waals surface area contributed by atoms with Gasteiger partial charge in [-0.15, -0.1) is 0 Å². The van der Waals surface area contributed by atoms with Crippen LogP contribution in [-0.2, 0) is 23.6 Å². The lowest BCUT2D eigenvalue weighted by molar-refractivity contribution is 0.600. The summed E-state index contributed by atoms with van der Waals surface area (Å²) < 4.78 is 30.3. The van der Waals surface area contributed by atoms with E-state index in [9.17, 15) is 8.42 Å². The Labute approximate surface area is 112 Å². The number of nitrogens with one attached hydrogen (secondary N) is 1. The van der Waals surface area contributed by atoms with Crippen LogP contribution < -0.4 is 4.72 Å². The smallest absolute Gasteiger partial charge is 0.265 e. The molecule has 0 atom stereocenters. The molecule has 7 nitrogen and oxygen atoms in total. The zero-order chi connectivity index (χ0) is 14.2. The van der Waals surface area contributed by atoms with Crippen LogP contribution in [0.5, 0.6) is 0 Å². The SMILES string of the molecule is CCn1cc(S(=O)(=O)Nc2c(C)nn(C)c2C)cn1. The molecule has 0 spiro atoms. The van der Waals surface area contributed by atoms with Gasteiger partial charge in [-0.05, 0) is 20.8 Å². The first-order chi connectivity index (χ1) is 8.85. The third kappa shape index (κ3) is 2.48. The highest BCUT2D eigenvalue weighted by molar-refractivity contribution is 7.92. The molecule has 0 unspecified atom stereocenters. The van der Waals surface area contributed by atoms with Crippen molar-refractivity contribution in [3.63, 3.8) is 0 Å². The van der Waals surface area contributed by atoms with Gasteiger partial charge in [-0.25, -0.2) is 8.42 Å². The van der Waals surface area contributed by atoms with Crippen molar-refractivity contribution in [1.29, 1.82) is 0 Å². The van der Waals surface area contributed by atoms with E-state index in [-0.39, 0.29) is 4.90 Å². The fourth-order valence-electron chi connectivity index (χ4n) is 1.77. The molecule has 0 radical (unpaired) electrons. The molecule has 19 heavy (non-hydrogen) atoms. The zero-order valence-corrected chi connectivity index (χ0v) is 12.2. The number of rotatable bonds is 4. The van der Waals surface area contributed by atoms with E-state index in [1.54, 1.807) is 23.3 Å². The fourth-order valence-corrected chi connectivity index (χ4v) is 2.90. The highest BCUT2D eigenvalue weighted by Gasteiger charge is 2.20. The van der Waals surface area contributed by atoms with Crippen molar-refractivity contribution in [1.82, 2.24) is 19.6 Å². The van der Waals surface area contributed by atoms with Crippen LogP contribution >= 0.6 is 0 Å². The first kappa shape index (κ1) is 13.6. The molecule has 0 aliphatic rings. The van der Waals surface area contributed by atoms with Crippen LogP contribution in [-0.4, -0.2) is 28.0 Å². The topological polar surface area (TPSA) is 81.8 Å². The number of anilines is 1. The van der Waals surface area contributed by atoms with Gasteiger partial charge >= 0.3 is 0 Å². The van der Waals surface area contributed by atoms with E-state index in [2.05, 4.69) is 14.9 Å². The molecule has 0 aromatic carbocycles. The van der Waals surface area contributed by atoms with Crippen molar-refractivity contribution in [2.45, 2.75) is 32.2 Å². The Morgan fingerprint density at radius 3 is 2.53 bits per heavy atom. The third-order valence-corrected chi connectivity index (χ3v) is 4.29. The minimum atomic E-state index is -3.62. The summed E-state index contributed by atoms with van der Waals surface area (Å²) in [6.45, 7) is 6.10. The fraction of sp³-hybridized carbons (Fsp3) is 0.455. The van der Waals surface area contributed by atoms with Crippen molar-refractivity contribution >= 4 is 15.7 Å². The van der Waals surface area contributed by atoms with Crippen molar-refractivity contribution in [3.05, 3.63) is 23.8 Å².